The highest BCUT2D eigenvalue weighted by molar-refractivity contribution is 7.92. The molecular formula is C12H27NO2S. The van der Waals surface area contributed by atoms with Crippen LogP contribution in [0.2, 0.25) is 0 Å². The van der Waals surface area contributed by atoms with E-state index in [9.17, 15) is 8.42 Å². The highest BCUT2D eigenvalue weighted by Crippen LogP contribution is 2.18. The van der Waals surface area contributed by atoms with Gasteiger partial charge in [0.15, 0.2) is 9.84 Å². The quantitative estimate of drug-likeness (QED) is 0.682. The summed E-state index contributed by atoms with van der Waals surface area (Å²) in [5.41, 5.74) is 5.41. The Bertz CT molecular complexity index is 262. The molecule has 0 bridgehead atoms. The minimum absolute atomic E-state index is 0.284. The molecule has 0 aliphatic carbocycles. The number of hydrogen-bond acceptors (Lipinski definition) is 3. The summed E-state index contributed by atoms with van der Waals surface area (Å²) in [5.74, 6) is 0.662. The fourth-order valence-electron chi connectivity index (χ4n) is 1.81. The van der Waals surface area contributed by atoms with Crippen molar-refractivity contribution in [2.75, 3.05) is 12.3 Å². The molecule has 0 aliphatic rings. The maximum absolute atomic E-state index is 12.0. The van der Waals surface area contributed by atoms with Crippen LogP contribution in [0.5, 0.6) is 0 Å². The lowest BCUT2D eigenvalue weighted by Gasteiger charge is -2.18. The predicted molar refractivity (Wildman–Crippen MR) is 70.2 cm³/mol. The van der Waals surface area contributed by atoms with Gasteiger partial charge in [0, 0.05) is 0 Å². The van der Waals surface area contributed by atoms with Crippen LogP contribution in [-0.2, 0) is 9.84 Å². The lowest BCUT2D eigenvalue weighted by molar-refractivity contribution is 0.480. The van der Waals surface area contributed by atoms with Gasteiger partial charge in [0.1, 0.15) is 0 Å². The summed E-state index contributed by atoms with van der Waals surface area (Å²) in [6.07, 6.45) is 4.82. The second-order valence-electron chi connectivity index (χ2n) is 4.63. The van der Waals surface area contributed by atoms with Gasteiger partial charge in [0.05, 0.1) is 11.0 Å². The molecule has 4 heteroatoms. The van der Waals surface area contributed by atoms with E-state index in [1.54, 1.807) is 6.92 Å². The van der Waals surface area contributed by atoms with Gasteiger partial charge < -0.3 is 5.73 Å². The molecule has 2 N–H and O–H groups in total. The topological polar surface area (TPSA) is 60.2 Å². The first-order valence-corrected chi connectivity index (χ1v) is 8.11. The standard InChI is InChI=1S/C12H27NO2S/c1-4-6-7-12(5-2)10-16(14,15)11(3)8-9-13/h11-12H,4-10,13H2,1-3H3. The van der Waals surface area contributed by atoms with Crippen LogP contribution in [0, 0.1) is 5.92 Å². The van der Waals surface area contributed by atoms with E-state index in [-0.39, 0.29) is 5.25 Å². The van der Waals surface area contributed by atoms with Crippen molar-refractivity contribution >= 4 is 9.84 Å². The van der Waals surface area contributed by atoms with Crippen molar-refractivity contribution in [2.24, 2.45) is 11.7 Å². The van der Waals surface area contributed by atoms with Crippen molar-refractivity contribution in [3.63, 3.8) is 0 Å². The summed E-state index contributed by atoms with van der Waals surface area (Å²) in [5, 5.41) is -0.284. The Labute approximate surface area is 101 Å². The third kappa shape index (κ3) is 5.85. The highest BCUT2D eigenvalue weighted by Gasteiger charge is 2.23. The van der Waals surface area contributed by atoms with Crippen LogP contribution < -0.4 is 5.73 Å². The SMILES string of the molecule is CCCCC(CC)CS(=O)(=O)C(C)CCN. The average molecular weight is 249 g/mol. The van der Waals surface area contributed by atoms with Gasteiger partial charge in [-0.15, -0.1) is 0 Å². The number of hydrogen-bond donors (Lipinski definition) is 1. The lowest BCUT2D eigenvalue weighted by Crippen LogP contribution is -2.27. The summed E-state index contributed by atoms with van der Waals surface area (Å²) in [6, 6.07) is 0. The van der Waals surface area contributed by atoms with E-state index >= 15 is 0 Å². The van der Waals surface area contributed by atoms with Crippen LogP contribution >= 0.6 is 0 Å². The minimum Gasteiger partial charge on any atom is -0.330 e. The van der Waals surface area contributed by atoms with Crippen molar-refractivity contribution in [3.8, 4) is 0 Å². The molecule has 0 spiro atoms. The molecule has 0 saturated carbocycles. The van der Waals surface area contributed by atoms with Crippen molar-refractivity contribution < 1.29 is 8.42 Å². The summed E-state index contributed by atoms with van der Waals surface area (Å²) < 4.78 is 24.0. The Morgan fingerprint density at radius 2 is 1.81 bits per heavy atom. The first-order valence-electron chi connectivity index (χ1n) is 6.39. The normalized spacial score (nSPS) is 16.0. The van der Waals surface area contributed by atoms with Crippen LogP contribution in [0.15, 0.2) is 0 Å². The van der Waals surface area contributed by atoms with Gasteiger partial charge in [0.2, 0.25) is 0 Å². The largest absolute Gasteiger partial charge is 0.330 e. The Kier molecular flexibility index (Phi) is 8.02. The van der Waals surface area contributed by atoms with E-state index in [1.807, 2.05) is 0 Å². The van der Waals surface area contributed by atoms with Gasteiger partial charge in [-0.2, -0.15) is 0 Å². The van der Waals surface area contributed by atoms with Gasteiger partial charge in [-0.05, 0) is 32.2 Å². The van der Waals surface area contributed by atoms with Crippen LogP contribution in [-0.4, -0.2) is 26.0 Å². The third-order valence-electron chi connectivity index (χ3n) is 3.20. The molecule has 16 heavy (non-hydrogen) atoms. The lowest BCUT2D eigenvalue weighted by atomic mass is 10.0. The van der Waals surface area contributed by atoms with E-state index in [4.69, 9.17) is 5.73 Å². The fraction of sp³-hybridized carbons (Fsp3) is 1.00. The summed E-state index contributed by atoms with van der Waals surface area (Å²) in [7, 11) is -2.94. The summed E-state index contributed by atoms with van der Waals surface area (Å²) in [4.78, 5) is 0. The van der Waals surface area contributed by atoms with E-state index in [1.165, 1.54) is 0 Å². The number of sulfone groups is 1. The predicted octanol–water partition coefficient (Wildman–Crippen LogP) is 2.35. The fourth-order valence-corrected chi connectivity index (χ4v) is 3.69. The second kappa shape index (κ2) is 8.07. The van der Waals surface area contributed by atoms with E-state index < -0.39 is 9.84 Å². The Morgan fingerprint density at radius 1 is 1.19 bits per heavy atom. The summed E-state index contributed by atoms with van der Waals surface area (Å²) in [6.45, 7) is 6.43. The zero-order chi connectivity index (χ0) is 12.6. The van der Waals surface area contributed by atoms with Crippen molar-refractivity contribution in [3.05, 3.63) is 0 Å². The maximum Gasteiger partial charge on any atom is 0.153 e. The zero-order valence-corrected chi connectivity index (χ0v) is 11.7. The average Bonchev–Trinajstić information content (AvgIpc) is 2.24. The molecular weight excluding hydrogens is 222 g/mol. The van der Waals surface area contributed by atoms with Crippen molar-refractivity contribution in [2.45, 2.75) is 58.1 Å². The first kappa shape index (κ1) is 15.9. The highest BCUT2D eigenvalue weighted by atomic mass is 32.2. The molecule has 0 aliphatic heterocycles. The molecule has 0 aromatic heterocycles. The van der Waals surface area contributed by atoms with Crippen LogP contribution in [0.3, 0.4) is 0 Å². The Hall–Kier alpha value is -0.0900. The Balaban J connectivity index is 4.30. The van der Waals surface area contributed by atoms with Crippen LogP contribution in [0.4, 0.5) is 0 Å². The smallest absolute Gasteiger partial charge is 0.153 e. The molecule has 0 aromatic rings. The second-order valence-corrected chi connectivity index (χ2v) is 7.10. The van der Waals surface area contributed by atoms with Crippen LogP contribution in [0.25, 0.3) is 0 Å². The zero-order valence-electron chi connectivity index (χ0n) is 10.9. The van der Waals surface area contributed by atoms with E-state index in [0.29, 0.717) is 24.6 Å². The molecule has 2 unspecified atom stereocenters. The minimum atomic E-state index is -2.94. The Morgan fingerprint density at radius 3 is 2.25 bits per heavy atom. The first-order chi connectivity index (χ1) is 7.47. The maximum atomic E-state index is 12.0. The van der Waals surface area contributed by atoms with Gasteiger partial charge in [-0.25, -0.2) is 8.42 Å². The van der Waals surface area contributed by atoms with Crippen molar-refractivity contribution in [1.82, 2.24) is 0 Å². The molecule has 0 heterocycles. The molecule has 0 amide bonds. The number of nitrogens with two attached hydrogens (primary N) is 1. The van der Waals surface area contributed by atoms with E-state index in [2.05, 4.69) is 13.8 Å². The molecule has 0 fully saturated rings. The van der Waals surface area contributed by atoms with Crippen molar-refractivity contribution in [1.29, 1.82) is 0 Å². The van der Waals surface area contributed by atoms with Gasteiger partial charge in [-0.3, -0.25) is 0 Å². The summed E-state index contributed by atoms with van der Waals surface area (Å²) >= 11 is 0. The van der Waals surface area contributed by atoms with Gasteiger partial charge in [0.25, 0.3) is 0 Å². The third-order valence-corrected chi connectivity index (χ3v) is 5.60. The number of unbranched alkanes of at least 4 members (excludes halogenated alkanes) is 1. The molecule has 0 radical (unpaired) electrons. The monoisotopic (exact) mass is 249 g/mol. The van der Waals surface area contributed by atoms with E-state index in [0.717, 1.165) is 25.7 Å². The molecule has 3 nitrogen and oxygen atoms in total. The van der Waals surface area contributed by atoms with Gasteiger partial charge in [-0.1, -0.05) is 33.1 Å². The van der Waals surface area contributed by atoms with Gasteiger partial charge >= 0.3 is 0 Å². The molecule has 98 valence electrons. The number of rotatable bonds is 9. The molecule has 0 aromatic carbocycles. The molecule has 2 atom stereocenters. The molecule has 0 saturated heterocycles. The van der Waals surface area contributed by atoms with Crippen LogP contribution in [0.1, 0.15) is 52.9 Å². The molecule has 0 rings (SSSR count).